The number of aromatic nitrogens is 2. The van der Waals surface area contributed by atoms with Crippen LogP contribution in [0, 0.1) is 0 Å². The molecule has 0 unspecified atom stereocenters. The zero-order valence-electron chi connectivity index (χ0n) is 11.7. The molecular formula is C14H17N3O2S. The molecule has 0 bridgehead atoms. The number of methoxy groups -OCH3 is 1. The number of carbonyl (C=O) groups is 1. The number of hydrogen-bond acceptors (Lipinski definition) is 6. The van der Waals surface area contributed by atoms with Gasteiger partial charge in [0.25, 0.3) is 0 Å². The smallest absolute Gasteiger partial charge is 0.358 e. The maximum absolute atomic E-state index is 11.3. The van der Waals surface area contributed by atoms with E-state index in [0.29, 0.717) is 5.82 Å². The third-order valence-corrected chi connectivity index (χ3v) is 4.18. The molecule has 106 valence electrons. The lowest BCUT2D eigenvalue weighted by atomic mass is 9.91. The van der Waals surface area contributed by atoms with E-state index in [0.717, 1.165) is 6.54 Å². The fraction of sp³-hybridized carbons (Fsp3) is 0.357. The quantitative estimate of drug-likeness (QED) is 0.858. The van der Waals surface area contributed by atoms with E-state index in [4.69, 9.17) is 0 Å². The molecule has 0 aliphatic rings. The van der Waals surface area contributed by atoms with Gasteiger partial charge in [0.1, 0.15) is 5.82 Å². The van der Waals surface area contributed by atoms with Crippen LogP contribution >= 0.6 is 11.3 Å². The summed E-state index contributed by atoms with van der Waals surface area (Å²) in [6, 6.07) is 4.17. The van der Waals surface area contributed by atoms with Crippen molar-refractivity contribution in [3.05, 3.63) is 40.5 Å². The summed E-state index contributed by atoms with van der Waals surface area (Å²) in [5, 5.41) is 5.31. The van der Waals surface area contributed by atoms with Crippen molar-refractivity contribution in [1.29, 1.82) is 0 Å². The Morgan fingerprint density at radius 2 is 2.20 bits per heavy atom. The van der Waals surface area contributed by atoms with Crippen molar-refractivity contribution in [2.24, 2.45) is 0 Å². The van der Waals surface area contributed by atoms with E-state index in [1.54, 1.807) is 11.3 Å². The Labute approximate surface area is 122 Å². The highest BCUT2D eigenvalue weighted by atomic mass is 32.1. The third kappa shape index (κ3) is 3.33. The van der Waals surface area contributed by atoms with Gasteiger partial charge in [-0.2, -0.15) is 0 Å². The molecular weight excluding hydrogens is 274 g/mol. The van der Waals surface area contributed by atoms with Crippen LogP contribution in [0.4, 0.5) is 5.82 Å². The first kappa shape index (κ1) is 14.5. The highest BCUT2D eigenvalue weighted by Gasteiger charge is 2.21. The minimum atomic E-state index is -0.483. The average Bonchev–Trinajstić information content (AvgIpc) is 3.00. The standard InChI is InChI=1S/C14H17N3O2S/c1-14(2,11-5-4-6-20-11)9-17-12-8-15-10(7-16-12)13(18)19-3/h4-8H,9H2,1-3H3,(H,16,17). The van der Waals surface area contributed by atoms with Gasteiger partial charge in [-0.05, 0) is 11.4 Å². The van der Waals surface area contributed by atoms with E-state index in [1.807, 2.05) is 6.07 Å². The van der Waals surface area contributed by atoms with Gasteiger partial charge in [-0.3, -0.25) is 0 Å². The number of nitrogens with zero attached hydrogens (tertiary/aromatic N) is 2. The fourth-order valence-electron chi connectivity index (χ4n) is 1.69. The Hall–Kier alpha value is -1.95. The zero-order valence-corrected chi connectivity index (χ0v) is 12.5. The number of anilines is 1. The molecule has 0 atom stereocenters. The average molecular weight is 291 g/mol. The molecule has 6 heteroatoms. The van der Waals surface area contributed by atoms with Gasteiger partial charge in [0.15, 0.2) is 5.69 Å². The molecule has 20 heavy (non-hydrogen) atoms. The van der Waals surface area contributed by atoms with Crippen LogP contribution in [-0.4, -0.2) is 29.6 Å². The Bertz CT molecular complexity index is 565. The van der Waals surface area contributed by atoms with E-state index < -0.39 is 5.97 Å². The van der Waals surface area contributed by atoms with Gasteiger partial charge in [0.05, 0.1) is 19.5 Å². The number of esters is 1. The predicted octanol–water partition coefficient (Wildman–Crippen LogP) is 2.71. The molecule has 0 saturated carbocycles. The Morgan fingerprint density at radius 3 is 2.75 bits per heavy atom. The van der Waals surface area contributed by atoms with Crippen LogP contribution in [0.2, 0.25) is 0 Å². The summed E-state index contributed by atoms with van der Waals surface area (Å²) in [5.41, 5.74) is 0.215. The van der Waals surface area contributed by atoms with Gasteiger partial charge in [-0.15, -0.1) is 11.3 Å². The molecule has 0 amide bonds. The monoisotopic (exact) mass is 291 g/mol. The zero-order chi connectivity index (χ0) is 14.6. The SMILES string of the molecule is COC(=O)c1cnc(NCC(C)(C)c2cccs2)cn1. The second-order valence-electron chi connectivity index (χ2n) is 4.99. The lowest BCUT2D eigenvalue weighted by Gasteiger charge is -2.23. The molecule has 2 heterocycles. The molecule has 0 fully saturated rings. The van der Waals surface area contributed by atoms with Crippen LogP contribution in [0.3, 0.4) is 0 Å². The Morgan fingerprint density at radius 1 is 1.40 bits per heavy atom. The largest absolute Gasteiger partial charge is 0.464 e. The summed E-state index contributed by atoms with van der Waals surface area (Å²) in [4.78, 5) is 20.7. The van der Waals surface area contributed by atoms with Crippen molar-refractivity contribution in [2.75, 3.05) is 19.0 Å². The third-order valence-electron chi connectivity index (χ3n) is 2.95. The van der Waals surface area contributed by atoms with Crippen molar-refractivity contribution >= 4 is 23.1 Å². The van der Waals surface area contributed by atoms with Crippen LogP contribution in [0.25, 0.3) is 0 Å². The molecule has 0 aliphatic heterocycles. The van der Waals surface area contributed by atoms with Gasteiger partial charge in [0, 0.05) is 16.8 Å². The predicted molar refractivity (Wildman–Crippen MR) is 79.2 cm³/mol. The van der Waals surface area contributed by atoms with E-state index in [2.05, 4.69) is 45.3 Å². The second kappa shape index (κ2) is 6.00. The highest BCUT2D eigenvalue weighted by molar-refractivity contribution is 7.10. The first-order valence-corrected chi connectivity index (χ1v) is 7.09. The minimum Gasteiger partial charge on any atom is -0.464 e. The first-order chi connectivity index (χ1) is 9.53. The fourth-order valence-corrected chi connectivity index (χ4v) is 2.54. The van der Waals surface area contributed by atoms with Gasteiger partial charge in [-0.1, -0.05) is 19.9 Å². The van der Waals surface area contributed by atoms with Crippen LogP contribution in [0.5, 0.6) is 0 Å². The number of carbonyl (C=O) groups excluding carboxylic acids is 1. The number of thiophene rings is 1. The van der Waals surface area contributed by atoms with E-state index in [1.165, 1.54) is 24.4 Å². The number of ether oxygens (including phenoxy) is 1. The molecule has 0 radical (unpaired) electrons. The second-order valence-corrected chi connectivity index (χ2v) is 5.94. The summed E-state index contributed by atoms with van der Waals surface area (Å²) < 4.78 is 4.58. The lowest BCUT2D eigenvalue weighted by Crippen LogP contribution is -2.27. The van der Waals surface area contributed by atoms with Crippen LogP contribution in [0.1, 0.15) is 29.2 Å². The van der Waals surface area contributed by atoms with E-state index >= 15 is 0 Å². The van der Waals surface area contributed by atoms with Crippen molar-refractivity contribution in [3.63, 3.8) is 0 Å². The molecule has 0 spiro atoms. The molecule has 2 aromatic heterocycles. The number of hydrogen-bond donors (Lipinski definition) is 1. The molecule has 5 nitrogen and oxygen atoms in total. The summed E-state index contributed by atoms with van der Waals surface area (Å²) in [6.45, 7) is 5.07. The van der Waals surface area contributed by atoms with Crippen molar-refractivity contribution in [3.8, 4) is 0 Å². The lowest BCUT2D eigenvalue weighted by molar-refractivity contribution is 0.0593. The Balaban J connectivity index is 1.99. The van der Waals surface area contributed by atoms with Gasteiger partial charge in [0.2, 0.25) is 0 Å². The van der Waals surface area contributed by atoms with Crippen LogP contribution < -0.4 is 5.32 Å². The van der Waals surface area contributed by atoms with Crippen molar-refractivity contribution in [1.82, 2.24) is 9.97 Å². The van der Waals surface area contributed by atoms with E-state index in [-0.39, 0.29) is 11.1 Å². The van der Waals surface area contributed by atoms with Crippen molar-refractivity contribution < 1.29 is 9.53 Å². The molecule has 0 saturated heterocycles. The van der Waals surface area contributed by atoms with E-state index in [9.17, 15) is 4.79 Å². The molecule has 0 aliphatic carbocycles. The van der Waals surface area contributed by atoms with Gasteiger partial charge >= 0.3 is 5.97 Å². The molecule has 0 aromatic carbocycles. The summed E-state index contributed by atoms with van der Waals surface area (Å²) in [7, 11) is 1.32. The van der Waals surface area contributed by atoms with Gasteiger partial charge < -0.3 is 10.1 Å². The molecule has 2 rings (SSSR count). The maximum atomic E-state index is 11.3. The number of nitrogens with one attached hydrogen (secondary N) is 1. The summed E-state index contributed by atoms with van der Waals surface area (Å²) >= 11 is 1.74. The minimum absolute atomic E-state index is 0.0108. The summed E-state index contributed by atoms with van der Waals surface area (Å²) in [5.74, 6) is 0.158. The Kier molecular flexibility index (Phi) is 4.34. The topological polar surface area (TPSA) is 64.1 Å². The normalized spacial score (nSPS) is 11.2. The molecule has 2 aromatic rings. The number of rotatable bonds is 5. The van der Waals surface area contributed by atoms with Crippen molar-refractivity contribution in [2.45, 2.75) is 19.3 Å². The first-order valence-electron chi connectivity index (χ1n) is 6.21. The van der Waals surface area contributed by atoms with Crippen LogP contribution in [-0.2, 0) is 10.2 Å². The highest BCUT2D eigenvalue weighted by Crippen LogP contribution is 2.27. The molecule has 1 N–H and O–H groups in total. The summed E-state index contributed by atoms with van der Waals surface area (Å²) in [6.07, 6.45) is 2.95. The van der Waals surface area contributed by atoms with Gasteiger partial charge in [-0.25, -0.2) is 14.8 Å². The van der Waals surface area contributed by atoms with Crippen LogP contribution in [0.15, 0.2) is 29.9 Å². The maximum Gasteiger partial charge on any atom is 0.358 e.